The molecule has 2 rings (SSSR count). The van der Waals surface area contributed by atoms with E-state index in [-0.39, 0.29) is 11.8 Å². The van der Waals surface area contributed by atoms with Crippen molar-refractivity contribution in [1.82, 2.24) is 10.3 Å². The van der Waals surface area contributed by atoms with E-state index in [0.717, 1.165) is 16.6 Å². The number of aromatic nitrogens is 1. The molecule has 1 amide bonds. The molecule has 0 spiro atoms. The van der Waals surface area contributed by atoms with E-state index < -0.39 is 12.0 Å². The van der Waals surface area contributed by atoms with E-state index in [0.29, 0.717) is 6.42 Å². The topological polar surface area (TPSA) is 68.3 Å². The Hall–Kier alpha value is -2.43. The summed E-state index contributed by atoms with van der Waals surface area (Å²) < 4.78 is 4.77. The molecule has 0 saturated heterocycles. The molecule has 1 aromatic carbocycles. The number of carbonyl (C=O) groups excluding carboxylic acids is 2. The number of esters is 1. The number of para-hydroxylation sites is 1. The van der Waals surface area contributed by atoms with Crippen LogP contribution < -0.4 is 5.32 Å². The SMILES string of the molecule is COC(=O)[C@@H](Cc1ccc2ccccc2n1)NC(=O)C(C)C. The highest BCUT2D eigenvalue weighted by Crippen LogP contribution is 2.13. The second-order valence-electron chi connectivity index (χ2n) is 5.44. The van der Waals surface area contributed by atoms with Crippen LogP contribution in [-0.2, 0) is 20.7 Å². The number of methoxy groups -OCH3 is 1. The molecule has 0 bridgehead atoms. The van der Waals surface area contributed by atoms with Crippen LogP contribution in [0.3, 0.4) is 0 Å². The van der Waals surface area contributed by atoms with E-state index in [2.05, 4.69) is 10.3 Å². The summed E-state index contributed by atoms with van der Waals surface area (Å²) in [6.07, 6.45) is 0.302. The van der Waals surface area contributed by atoms with Gasteiger partial charge in [0.25, 0.3) is 0 Å². The fraction of sp³-hybridized carbons (Fsp3) is 0.353. The van der Waals surface area contributed by atoms with Gasteiger partial charge in [-0.25, -0.2) is 4.79 Å². The molecule has 22 heavy (non-hydrogen) atoms. The van der Waals surface area contributed by atoms with Gasteiger partial charge >= 0.3 is 5.97 Å². The van der Waals surface area contributed by atoms with Crippen LogP contribution in [0.1, 0.15) is 19.5 Å². The zero-order valence-electron chi connectivity index (χ0n) is 13.0. The van der Waals surface area contributed by atoms with Crippen LogP contribution in [0.25, 0.3) is 10.9 Å². The van der Waals surface area contributed by atoms with Crippen LogP contribution in [0, 0.1) is 5.92 Å². The summed E-state index contributed by atoms with van der Waals surface area (Å²) in [5.41, 5.74) is 1.59. The lowest BCUT2D eigenvalue weighted by molar-refractivity contribution is -0.145. The summed E-state index contributed by atoms with van der Waals surface area (Å²) >= 11 is 0. The largest absolute Gasteiger partial charge is 0.467 e. The summed E-state index contributed by atoms with van der Waals surface area (Å²) in [6.45, 7) is 3.55. The van der Waals surface area contributed by atoms with Crippen LogP contribution in [0.5, 0.6) is 0 Å². The van der Waals surface area contributed by atoms with Gasteiger partial charge in [0.05, 0.1) is 12.6 Å². The van der Waals surface area contributed by atoms with Gasteiger partial charge in [0.15, 0.2) is 0 Å². The molecule has 0 aliphatic rings. The van der Waals surface area contributed by atoms with E-state index in [9.17, 15) is 9.59 Å². The van der Waals surface area contributed by atoms with Crippen LogP contribution in [0.4, 0.5) is 0 Å². The molecule has 1 atom stereocenters. The first-order valence-corrected chi connectivity index (χ1v) is 7.24. The Balaban J connectivity index is 2.20. The summed E-state index contributed by atoms with van der Waals surface area (Å²) in [6, 6.07) is 10.8. The molecule has 1 heterocycles. The summed E-state index contributed by atoms with van der Waals surface area (Å²) in [7, 11) is 1.31. The number of hydrogen-bond acceptors (Lipinski definition) is 4. The zero-order valence-corrected chi connectivity index (χ0v) is 13.0. The number of amides is 1. The number of pyridine rings is 1. The van der Waals surface area contributed by atoms with Crippen molar-refractivity contribution in [2.45, 2.75) is 26.3 Å². The minimum absolute atomic E-state index is 0.184. The first-order valence-electron chi connectivity index (χ1n) is 7.24. The third-order valence-electron chi connectivity index (χ3n) is 3.40. The van der Waals surface area contributed by atoms with Crippen LogP contribution >= 0.6 is 0 Å². The first-order chi connectivity index (χ1) is 10.5. The number of benzene rings is 1. The van der Waals surface area contributed by atoms with Gasteiger partial charge in [0.2, 0.25) is 5.91 Å². The molecule has 0 aliphatic carbocycles. The van der Waals surface area contributed by atoms with Gasteiger partial charge in [0.1, 0.15) is 6.04 Å². The van der Waals surface area contributed by atoms with Crippen molar-refractivity contribution in [3.05, 3.63) is 42.1 Å². The van der Waals surface area contributed by atoms with Gasteiger partial charge in [-0.05, 0) is 12.1 Å². The number of ether oxygens (including phenoxy) is 1. The number of nitrogens with zero attached hydrogens (tertiary/aromatic N) is 1. The van der Waals surface area contributed by atoms with Gasteiger partial charge in [0, 0.05) is 23.4 Å². The molecule has 5 nitrogen and oxygen atoms in total. The Morgan fingerprint density at radius 1 is 1.18 bits per heavy atom. The Bertz CT molecular complexity index is 682. The Labute approximate surface area is 129 Å². The van der Waals surface area contributed by atoms with Crippen molar-refractivity contribution in [1.29, 1.82) is 0 Å². The Morgan fingerprint density at radius 3 is 2.59 bits per heavy atom. The minimum atomic E-state index is -0.728. The molecule has 1 N–H and O–H groups in total. The molecule has 116 valence electrons. The molecule has 0 saturated carbocycles. The van der Waals surface area contributed by atoms with Crippen molar-refractivity contribution < 1.29 is 14.3 Å². The Kier molecular flexibility index (Phi) is 5.09. The fourth-order valence-corrected chi connectivity index (χ4v) is 2.10. The van der Waals surface area contributed by atoms with Gasteiger partial charge in [-0.3, -0.25) is 9.78 Å². The maximum Gasteiger partial charge on any atom is 0.328 e. The van der Waals surface area contributed by atoms with E-state index in [1.54, 1.807) is 13.8 Å². The molecule has 0 unspecified atom stereocenters. The fourth-order valence-electron chi connectivity index (χ4n) is 2.10. The van der Waals surface area contributed by atoms with E-state index >= 15 is 0 Å². The monoisotopic (exact) mass is 300 g/mol. The van der Waals surface area contributed by atoms with Crippen molar-refractivity contribution >= 4 is 22.8 Å². The Morgan fingerprint density at radius 2 is 1.91 bits per heavy atom. The van der Waals surface area contributed by atoms with Crippen LogP contribution in [-0.4, -0.2) is 30.0 Å². The maximum atomic E-state index is 11.9. The minimum Gasteiger partial charge on any atom is -0.467 e. The molecule has 2 aromatic rings. The van der Waals surface area contributed by atoms with Gasteiger partial charge in [-0.2, -0.15) is 0 Å². The van der Waals surface area contributed by atoms with E-state index in [4.69, 9.17) is 4.74 Å². The standard InChI is InChI=1S/C17H20N2O3/c1-11(2)16(20)19-15(17(21)22-3)10-13-9-8-12-6-4-5-7-14(12)18-13/h4-9,11,15H,10H2,1-3H3,(H,19,20)/t15-/m1/s1. The third kappa shape index (κ3) is 3.81. The van der Waals surface area contributed by atoms with Crippen LogP contribution in [0.2, 0.25) is 0 Å². The van der Waals surface area contributed by atoms with E-state index in [1.165, 1.54) is 7.11 Å². The average molecular weight is 300 g/mol. The summed E-state index contributed by atoms with van der Waals surface area (Å²) in [5, 5.41) is 3.74. The highest BCUT2D eigenvalue weighted by molar-refractivity contribution is 5.85. The molecule has 0 aliphatic heterocycles. The lowest BCUT2D eigenvalue weighted by atomic mass is 10.1. The molecular formula is C17H20N2O3. The number of hydrogen-bond donors (Lipinski definition) is 1. The van der Waals surface area contributed by atoms with Crippen molar-refractivity contribution in [2.75, 3.05) is 7.11 Å². The molecule has 1 aromatic heterocycles. The molecule has 5 heteroatoms. The lowest BCUT2D eigenvalue weighted by Gasteiger charge is -2.17. The van der Waals surface area contributed by atoms with Gasteiger partial charge in [-0.15, -0.1) is 0 Å². The number of fused-ring (bicyclic) bond motifs is 1. The van der Waals surface area contributed by atoms with Crippen molar-refractivity contribution in [3.8, 4) is 0 Å². The lowest BCUT2D eigenvalue weighted by Crippen LogP contribution is -2.44. The normalized spacial score (nSPS) is 12.2. The molecule has 0 fully saturated rings. The van der Waals surface area contributed by atoms with Gasteiger partial charge < -0.3 is 10.1 Å². The zero-order chi connectivity index (χ0) is 16.1. The number of carbonyl (C=O) groups is 2. The quantitative estimate of drug-likeness (QED) is 0.859. The van der Waals surface area contributed by atoms with E-state index in [1.807, 2.05) is 36.4 Å². The number of rotatable bonds is 5. The molecular weight excluding hydrogens is 280 g/mol. The molecule has 0 radical (unpaired) electrons. The predicted octanol–water partition coefficient (Wildman–Crippen LogP) is 2.09. The second-order valence-corrected chi connectivity index (χ2v) is 5.44. The predicted molar refractivity (Wildman–Crippen MR) is 84.2 cm³/mol. The summed E-state index contributed by atoms with van der Waals surface area (Å²) in [5.74, 6) is -0.850. The van der Waals surface area contributed by atoms with Gasteiger partial charge in [-0.1, -0.05) is 38.1 Å². The maximum absolute atomic E-state index is 11.9. The third-order valence-corrected chi connectivity index (χ3v) is 3.40. The second kappa shape index (κ2) is 7.02. The average Bonchev–Trinajstić information content (AvgIpc) is 2.53. The van der Waals surface area contributed by atoms with Crippen LogP contribution in [0.15, 0.2) is 36.4 Å². The number of nitrogens with one attached hydrogen (secondary N) is 1. The van der Waals surface area contributed by atoms with Crippen molar-refractivity contribution in [2.24, 2.45) is 5.92 Å². The van der Waals surface area contributed by atoms with Crippen molar-refractivity contribution in [3.63, 3.8) is 0 Å². The highest BCUT2D eigenvalue weighted by atomic mass is 16.5. The highest BCUT2D eigenvalue weighted by Gasteiger charge is 2.23. The smallest absolute Gasteiger partial charge is 0.328 e. The summed E-state index contributed by atoms with van der Waals surface area (Å²) in [4.78, 5) is 28.2. The first kappa shape index (κ1) is 15.9.